The smallest absolute Gasteiger partial charge is 0.259 e. The van der Waals surface area contributed by atoms with Crippen molar-refractivity contribution in [3.63, 3.8) is 0 Å². The molecule has 106 valence electrons. The first-order valence-corrected chi connectivity index (χ1v) is 7.57. The monoisotopic (exact) mass is 286 g/mol. The number of rotatable bonds is 3. The molecule has 1 fully saturated rings. The van der Waals surface area contributed by atoms with Crippen LogP contribution in [0.5, 0.6) is 5.75 Å². The number of hydrogen-bond acceptors (Lipinski definition) is 5. The van der Waals surface area contributed by atoms with Gasteiger partial charge in [-0.05, 0) is 25.0 Å². The Bertz CT molecular complexity index is 565. The van der Waals surface area contributed by atoms with Crippen LogP contribution < -0.4 is 9.88 Å². The number of aromatic nitrogens is 1. The van der Waals surface area contributed by atoms with E-state index in [4.69, 9.17) is 14.6 Å². The van der Waals surface area contributed by atoms with E-state index in [2.05, 4.69) is 11.9 Å². The Balaban J connectivity index is 2.49. The third-order valence-corrected chi connectivity index (χ3v) is 4.36. The molecule has 2 N–H and O–H groups in total. The third-order valence-electron chi connectivity index (χ3n) is 3.53. The molecule has 7 heteroatoms. The van der Waals surface area contributed by atoms with Crippen molar-refractivity contribution >= 4 is 10.0 Å². The number of sulfonamides is 1. The molecule has 1 aromatic heterocycles. The number of pyridine rings is 1. The molecule has 6 nitrogen and oxygen atoms in total. The van der Waals surface area contributed by atoms with E-state index in [1.807, 2.05) is 0 Å². The second kappa shape index (κ2) is 5.07. The van der Waals surface area contributed by atoms with Crippen molar-refractivity contribution < 1.29 is 17.9 Å². The summed E-state index contributed by atoms with van der Waals surface area (Å²) in [5.41, 5.74) is 0.518. The van der Waals surface area contributed by atoms with Crippen molar-refractivity contribution in [2.45, 2.75) is 30.2 Å². The first-order chi connectivity index (χ1) is 8.87. The summed E-state index contributed by atoms with van der Waals surface area (Å²) in [4.78, 5) is 4.22. The van der Waals surface area contributed by atoms with Gasteiger partial charge in [0.25, 0.3) is 10.0 Å². The number of methoxy groups -OCH3 is 1. The van der Waals surface area contributed by atoms with Crippen LogP contribution in [0, 0.1) is 0 Å². The predicted molar refractivity (Wildman–Crippen MR) is 69.6 cm³/mol. The lowest BCUT2D eigenvalue weighted by atomic mass is 9.79. The van der Waals surface area contributed by atoms with Crippen molar-refractivity contribution in [3.05, 3.63) is 17.8 Å². The predicted octanol–water partition coefficient (Wildman–Crippen LogP) is 0.806. The summed E-state index contributed by atoms with van der Waals surface area (Å²) in [5.74, 6) is 0.168. The summed E-state index contributed by atoms with van der Waals surface area (Å²) in [7, 11) is -2.51. The van der Waals surface area contributed by atoms with Gasteiger partial charge in [0.1, 0.15) is 0 Å². The molecule has 2 heterocycles. The fraction of sp³-hybridized carbons (Fsp3) is 0.583. The summed E-state index contributed by atoms with van der Waals surface area (Å²) in [5, 5.41) is 4.97. The Morgan fingerprint density at radius 3 is 2.53 bits per heavy atom. The van der Waals surface area contributed by atoms with Gasteiger partial charge in [-0.25, -0.2) is 18.5 Å². The quantitative estimate of drug-likeness (QED) is 0.887. The SMILES string of the molecule is COc1ccc(C2(C)CCOCC2)nc1S(N)(=O)=O. The van der Waals surface area contributed by atoms with Gasteiger partial charge in [0, 0.05) is 24.3 Å². The van der Waals surface area contributed by atoms with Crippen LogP contribution in [0.3, 0.4) is 0 Å². The van der Waals surface area contributed by atoms with Crippen molar-refractivity contribution in [2.75, 3.05) is 20.3 Å². The molecule has 1 aliphatic heterocycles. The minimum absolute atomic E-state index is 0.168. The second-order valence-electron chi connectivity index (χ2n) is 4.92. The van der Waals surface area contributed by atoms with Crippen LogP contribution in [-0.2, 0) is 20.2 Å². The van der Waals surface area contributed by atoms with Gasteiger partial charge in [0.05, 0.1) is 7.11 Å². The standard InChI is InChI=1S/C12H18N2O4S/c1-12(5-7-18-8-6-12)10-4-3-9(17-2)11(14-10)19(13,15)16/h3-4H,5-8H2,1-2H3,(H2,13,15,16). The minimum Gasteiger partial charge on any atom is -0.494 e. The van der Waals surface area contributed by atoms with E-state index in [1.54, 1.807) is 12.1 Å². The molecule has 1 saturated heterocycles. The molecule has 2 rings (SSSR count). The molecule has 0 bridgehead atoms. The van der Waals surface area contributed by atoms with Crippen LogP contribution in [0.1, 0.15) is 25.5 Å². The third kappa shape index (κ3) is 2.88. The van der Waals surface area contributed by atoms with Crippen LogP contribution in [0.2, 0.25) is 0 Å². The van der Waals surface area contributed by atoms with Gasteiger partial charge < -0.3 is 9.47 Å². The van der Waals surface area contributed by atoms with E-state index in [-0.39, 0.29) is 16.2 Å². The van der Waals surface area contributed by atoms with E-state index < -0.39 is 10.0 Å². The van der Waals surface area contributed by atoms with Crippen molar-refractivity contribution in [3.8, 4) is 5.75 Å². The van der Waals surface area contributed by atoms with Gasteiger partial charge in [-0.2, -0.15) is 0 Å². The zero-order valence-corrected chi connectivity index (χ0v) is 11.9. The average molecular weight is 286 g/mol. The summed E-state index contributed by atoms with van der Waals surface area (Å²) in [6.07, 6.45) is 1.60. The molecule has 19 heavy (non-hydrogen) atoms. The minimum atomic E-state index is -3.90. The highest BCUT2D eigenvalue weighted by Gasteiger charge is 2.32. The van der Waals surface area contributed by atoms with E-state index in [9.17, 15) is 8.42 Å². The molecule has 1 aromatic rings. The average Bonchev–Trinajstić information content (AvgIpc) is 2.38. The van der Waals surface area contributed by atoms with E-state index in [0.29, 0.717) is 18.9 Å². The van der Waals surface area contributed by atoms with E-state index >= 15 is 0 Å². The molecule has 0 aromatic carbocycles. The highest BCUT2D eigenvalue weighted by molar-refractivity contribution is 7.89. The Kier molecular flexibility index (Phi) is 3.80. The Morgan fingerprint density at radius 2 is 2.00 bits per heavy atom. The Labute approximate surface area is 113 Å². The highest BCUT2D eigenvalue weighted by Crippen LogP contribution is 2.35. The first kappa shape index (κ1) is 14.2. The Hall–Kier alpha value is -1.18. The fourth-order valence-electron chi connectivity index (χ4n) is 2.20. The van der Waals surface area contributed by atoms with Crippen molar-refractivity contribution in [1.82, 2.24) is 4.98 Å². The first-order valence-electron chi connectivity index (χ1n) is 6.03. The summed E-state index contributed by atoms with van der Waals surface area (Å²) < 4.78 is 33.5. The van der Waals surface area contributed by atoms with Crippen molar-refractivity contribution in [2.24, 2.45) is 5.14 Å². The van der Waals surface area contributed by atoms with Crippen LogP contribution in [0.15, 0.2) is 17.2 Å². The van der Waals surface area contributed by atoms with Crippen LogP contribution >= 0.6 is 0 Å². The lowest BCUT2D eigenvalue weighted by molar-refractivity contribution is 0.0548. The van der Waals surface area contributed by atoms with Gasteiger partial charge in [-0.3, -0.25) is 0 Å². The Morgan fingerprint density at radius 1 is 1.37 bits per heavy atom. The van der Waals surface area contributed by atoms with Gasteiger partial charge in [0.2, 0.25) is 5.03 Å². The molecule has 0 atom stereocenters. The van der Waals surface area contributed by atoms with Crippen LogP contribution in [0.25, 0.3) is 0 Å². The van der Waals surface area contributed by atoms with Crippen LogP contribution in [0.4, 0.5) is 0 Å². The second-order valence-corrected chi connectivity index (χ2v) is 6.40. The lowest BCUT2D eigenvalue weighted by Gasteiger charge is -2.33. The molecule has 0 radical (unpaired) electrons. The van der Waals surface area contributed by atoms with Gasteiger partial charge in [-0.15, -0.1) is 0 Å². The number of nitrogens with zero attached hydrogens (tertiary/aromatic N) is 1. The molecule has 0 unspecified atom stereocenters. The van der Waals surface area contributed by atoms with Crippen LogP contribution in [-0.4, -0.2) is 33.7 Å². The van der Waals surface area contributed by atoms with E-state index in [0.717, 1.165) is 12.8 Å². The number of hydrogen-bond donors (Lipinski definition) is 1. The molecule has 0 spiro atoms. The molecular formula is C12H18N2O4S. The van der Waals surface area contributed by atoms with Crippen molar-refractivity contribution in [1.29, 1.82) is 0 Å². The molecule has 0 aliphatic carbocycles. The number of primary sulfonamides is 1. The van der Waals surface area contributed by atoms with Gasteiger partial charge >= 0.3 is 0 Å². The molecular weight excluding hydrogens is 268 g/mol. The maximum absolute atomic E-state index is 11.6. The van der Waals surface area contributed by atoms with Gasteiger partial charge in [0.15, 0.2) is 5.75 Å². The lowest BCUT2D eigenvalue weighted by Crippen LogP contribution is -2.32. The zero-order chi connectivity index (χ0) is 14.1. The molecule has 0 saturated carbocycles. The topological polar surface area (TPSA) is 91.5 Å². The number of nitrogens with two attached hydrogens (primary N) is 1. The maximum Gasteiger partial charge on any atom is 0.259 e. The largest absolute Gasteiger partial charge is 0.494 e. The normalized spacial score (nSPS) is 19.1. The summed E-state index contributed by atoms with van der Waals surface area (Å²) >= 11 is 0. The molecule has 0 amide bonds. The summed E-state index contributed by atoms with van der Waals surface area (Å²) in [6, 6.07) is 3.39. The number of ether oxygens (including phenoxy) is 2. The van der Waals surface area contributed by atoms with Gasteiger partial charge in [-0.1, -0.05) is 6.92 Å². The molecule has 1 aliphatic rings. The zero-order valence-electron chi connectivity index (χ0n) is 11.0. The summed E-state index contributed by atoms with van der Waals surface area (Å²) in [6.45, 7) is 3.35. The fourth-order valence-corrected chi connectivity index (χ4v) is 2.86. The maximum atomic E-state index is 11.6. The highest BCUT2D eigenvalue weighted by atomic mass is 32.2. The van der Waals surface area contributed by atoms with E-state index in [1.165, 1.54) is 7.11 Å².